The van der Waals surface area contributed by atoms with E-state index in [2.05, 4.69) is 5.32 Å². The molecule has 0 spiro atoms. The van der Waals surface area contributed by atoms with Crippen LogP contribution in [0.15, 0.2) is 30.4 Å². The Bertz CT molecular complexity index is 970. The highest BCUT2D eigenvalue weighted by Crippen LogP contribution is 2.35. The molecule has 1 aromatic rings. The van der Waals surface area contributed by atoms with E-state index in [-0.39, 0.29) is 61.0 Å². The summed E-state index contributed by atoms with van der Waals surface area (Å²) in [5, 5.41) is 3.77. The van der Waals surface area contributed by atoms with Crippen LogP contribution in [0.1, 0.15) is 52.0 Å². The molecule has 1 aliphatic carbocycles. The standard InChI is InChI=1S/C25H31Cl2N3O4/c1-4-15(2)28-23(32)16(3)30(14-17-9-10-18(26)13-21(17)27)22(31)11-12-29-24(33)19-7-5-6-8-20(19)25(29)34/h5-6,9-10,13,15-16,19-20H,4,7-8,11-12,14H2,1-3H3,(H,28,32)/t15-,16+,19-,20+/m0/s1. The van der Waals surface area contributed by atoms with Crippen molar-refractivity contribution in [2.75, 3.05) is 6.54 Å². The molecule has 1 aromatic carbocycles. The third-order valence-corrected chi connectivity index (χ3v) is 7.26. The van der Waals surface area contributed by atoms with E-state index in [1.54, 1.807) is 25.1 Å². The van der Waals surface area contributed by atoms with Crippen LogP contribution in [0.4, 0.5) is 0 Å². The van der Waals surface area contributed by atoms with Crippen LogP contribution in [0, 0.1) is 11.8 Å². The van der Waals surface area contributed by atoms with Crippen LogP contribution < -0.4 is 5.32 Å². The minimum absolute atomic E-state index is 0.00590. The Morgan fingerprint density at radius 1 is 1.12 bits per heavy atom. The monoisotopic (exact) mass is 507 g/mol. The van der Waals surface area contributed by atoms with Crippen molar-refractivity contribution in [2.24, 2.45) is 11.8 Å². The van der Waals surface area contributed by atoms with Gasteiger partial charge in [0.2, 0.25) is 23.6 Å². The number of halogens is 2. The Morgan fingerprint density at radius 3 is 2.29 bits per heavy atom. The van der Waals surface area contributed by atoms with Crippen LogP contribution in [-0.4, -0.2) is 52.1 Å². The number of hydrogen-bond acceptors (Lipinski definition) is 4. The number of allylic oxidation sites excluding steroid dienone is 2. The van der Waals surface area contributed by atoms with Gasteiger partial charge in [-0.2, -0.15) is 0 Å². The van der Waals surface area contributed by atoms with Crippen LogP contribution in [0.25, 0.3) is 0 Å². The molecule has 0 unspecified atom stereocenters. The second-order valence-corrected chi connectivity index (χ2v) is 9.83. The molecule has 34 heavy (non-hydrogen) atoms. The summed E-state index contributed by atoms with van der Waals surface area (Å²) in [5.41, 5.74) is 0.646. The highest BCUT2D eigenvalue weighted by molar-refractivity contribution is 6.35. The maximum absolute atomic E-state index is 13.3. The van der Waals surface area contributed by atoms with E-state index in [9.17, 15) is 19.2 Å². The van der Waals surface area contributed by atoms with E-state index in [1.807, 2.05) is 26.0 Å². The molecule has 3 rings (SSSR count). The fraction of sp³-hybridized carbons (Fsp3) is 0.520. The lowest BCUT2D eigenvalue weighted by molar-refractivity contribution is -0.143. The summed E-state index contributed by atoms with van der Waals surface area (Å²) in [6.07, 6.45) is 5.63. The predicted molar refractivity (Wildman–Crippen MR) is 131 cm³/mol. The van der Waals surface area contributed by atoms with Gasteiger partial charge in [-0.25, -0.2) is 0 Å². The Labute approximate surface area is 210 Å². The molecule has 1 fully saturated rings. The number of fused-ring (bicyclic) bond motifs is 1. The summed E-state index contributed by atoms with van der Waals surface area (Å²) in [6.45, 7) is 5.61. The molecule has 1 heterocycles. The molecule has 0 saturated carbocycles. The topological polar surface area (TPSA) is 86.8 Å². The zero-order valence-electron chi connectivity index (χ0n) is 19.7. The van der Waals surface area contributed by atoms with E-state index in [0.717, 1.165) is 6.42 Å². The zero-order chi connectivity index (χ0) is 25.0. The van der Waals surface area contributed by atoms with Crippen LogP contribution in [0.2, 0.25) is 10.0 Å². The largest absolute Gasteiger partial charge is 0.352 e. The second kappa shape index (κ2) is 11.4. The van der Waals surface area contributed by atoms with Crippen molar-refractivity contribution < 1.29 is 19.2 Å². The summed E-state index contributed by atoms with van der Waals surface area (Å²) in [6, 6.07) is 4.16. The molecule has 184 valence electrons. The van der Waals surface area contributed by atoms with Crippen molar-refractivity contribution in [3.05, 3.63) is 46.0 Å². The Morgan fingerprint density at radius 2 is 1.74 bits per heavy atom. The van der Waals surface area contributed by atoms with E-state index in [0.29, 0.717) is 28.5 Å². The quantitative estimate of drug-likeness (QED) is 0.404. The first-order valence-electron chi connectivity index (χ1n) is 11.7. The van der Waals surface area contributed by atoms with Gasteiger partial charge in [-0.1, -0.05) is 48.3 Å². The summed E-state index contributed by atoms with van der Waals surface area (Å²) in [5.74, 6) is -1.73. The Balaban J connectivity index is 1.75. The number of imide groups is 1. The van der Waals surface area contributed by atoms with Crippen molar-refractivity contribution in [3.8, 4) is 0 Å². The molecule has 0 radical (unpaired) electrons. The molecular weight excluding hydrogens is 477 g/mol. The molecular formula is C25H31Cl2N3O4. The molecule has 1 saturated heterocycles. The first-order chi connectivity index (χ1) is 16.1. The van der Waals surface area contributed by atoms with Crippen LogP contribution in [0.3, 0.4) is 0 Å². The smallest absolute Gasteiger partial charge is 0.242 e. The molecule has 9 heteroatoms. The highest BCUT2D eigenvalue weighted by atomic mass is 35.5. The molecule has 1 N–H and O–H groups in total. The van der Waals surface area contributed by atoms with Gasteiger partial charge in [-0.3, -0.25) is 24.1 Å². The van der Waals surface area contributed by atoms with Gasteiger partial charge in [0.1, 0.15) is 6.04 Å². The lowest BCUT2D eigenvalue weighted by Gasteiger charge is -2.30. The number of amides is 4. The fourth-order valence-electron chi connectivity index (χ4n) is 4.32. The minimum atomic E-state index is -0.773. The summed E-state index contributed by atoms with van der Waals surface area (Å²) < 4.78 is 0. The maximum atomic E-state index is 13.3. The van der Waals surface area contributed by atoms with Gasteiger partial charge in [0.15, 0.2) is 0 Å². The van der Waals surface area contributed by atoms with E-state index < -0.39 is 6.04 Å². The van der Waals surface area contributed by atoms with Crippen molar-refractivity contribution in [1.82, 2.24) is 15.1 Å². The Kier molecular flexibility index (Phi) is 8.77. The van der Waals surface area contributed by atoms with E-state index in [4.69, 9.17) is 23.2 Å². The molecule has 1 aliphatic heterocycles. The van der Waals surface area contributed by atoms with Crippen molar-refractivity contribution in [3.63, 3.8) is 0 Å². The minimum Gasteiger partial charge on any atom is -0.352 e. The van der Waals surface area contributed by atoms with E-state index in [1.165, 1.54) is 9.80 Å². The lowest BCUT2D eigenvalue weighted by atomic mass is 9.85. The first kappa shape index (κ1) is 26.2. The Hall–Kier alpha value is -2.38. The number of hydrogen-bond donors (Lipinski definition) is 1. The number of likely N-dealkylation sites (tertiary alicyclic amines) is 1. The van der Waals surface area contributed by atoms with Crippen molar-refractivity contribution in [2.45, 2.75) is 65.1 Å². The number of nitrogens with zero attached hydrogens (tertiary/aromatic N) is 2. The van der Waals surface area contributed by atoms with Gasteiger partial charge in [0, 0.05) is 35.6 Å². The molecule has 4 atom stereocenters. The highest BCUT2D eigenvalue weighted by Gasteiger charge is 2.47. The van der Waals surface area contributed by atoms with Crippen LogP contribution in [0.5, 0.6) is 0 Å². The average molecular weight is 508 g/mol. The van der Waals surface area contributed by atoms with Gasteiger partial charge in [0.05, 0.1) is 11.8 Å². The zero-order valence-corrected chi connectivity index (χ0v) is 21.2. The average Bonchev–Trinajstić information content (AvgIpc) is 3.06. The number of rotatable bonds is 9. The molecule has 7 nitrogen and oxygen atoms in total. The van der Waals surface area contributed by atoms with Crippen LogP contribution >= 0.6 is 23.2 Å². The fourth-order valence-corrected chi connectivity index (χ4v) is 4.79. The van der Waals surface area contributed by atoms with Gasteiger partial charge in [-0.15, -0.1) is 0 Å². The lowest BCUT2D eigenvalue weighted by Crippen LogP contribution is -2.50. The SMILES string of the molecule is CC[C@H](C)NC(=O)[C@@H](C)N(Cc1ccc(Cl)cc1Cl)C(=O)CCN1C(=O)[C@H]2CC=CC[C@H]2C1=O. The van der Waals surface area contributed by atoms with Crippen LogP contribution in [-0.2, 0) is 25.7 Å². The maximum Gasteiger partial charge on any atom is 0.242 e. The van der Waals surface area contributed by atoms with Crippen molar-refractivity contribution >= 4 is 46.8 Å². The second-order valence-electron chi connectivity index (χ2n) is 8.99. The van der Waals surface area contributed by atoms with Gasteiger partial charge in [-0.05, 0) is 50.8 Å². The van der Waals surface area contributed by atoms with Crippen molar-refractivity contribution in [1.29, 1.82) is 0 Å². The number of benzene rings is 1. The van der Waals surface area contributed by atoms with Gasteiger partial charge < -0.3 is 10.2 Å². The molecule has 2 aliphatic rings. The summed E-state index contributed by atoms with van der Waals surface area (Å²) in [7, 11) is 0. The number of carbonyl (C=O) groups excluding carboxylic acids is 4. The van der Waals surface area contributed by atoms with Gasteiger partial charge >= 0.3 is 0 Å². The van der Waals surface area contributed by atoms with Gasteiger partial charge in [0.25, 0.3) is 0 Å². The summed E-state index contributed by atoms with van der Waals surface area (Å²) >= 11 is 12.3. The number of nitrogens with one attached hydrogen (secondary N) is 1. The summed E-state index contributed by atoms with van der Waals surface area (Å²) in [4.78, 5) is 54.3. The molecule has 0 bridgehead atoms. The number of carbonyl (C=O) groups is 4. The third kappa shape index (κ3) is 5.81. The molecule has 0 aromatic heterocycles. The normalized spacial score (nSPS) is 21.3. The van der Waals surface area contributed by atoms with E-state index >= 15 is 0 Å². The third-order valence-electron chi connectivity index (χ3n) is 6.67. The predicted octanol–water partition coefficient (Wildman–Crippen LogP) is 3.97. The molecule has 4 amide bonds. The first-order valence-corrected chi connectivity index (χ1v) is 12.4.